The monoisotopic (exact) mass is 368 g/mol. The molecule has 2 N–H and O–H groups in total. The first kappa shape index (κ1) is 18.0. The first-order valence-corrected chi connectivity index (χ1v) is 8.65. The van der Waals surface area contributed by atoms with Gasteiger partial charge in [-0.05, 0) is 42.0 Å². The van der Waals surface area contributed by atoms with Gasteiger partial charge in [0, 0.05) is 13.1 Å². The number of nitrogens with one attached hydrogen (secondary N) is 2. The molecule has 5 nitrogen and oxygen atoms in total. The predicted octanol–water partition coefficient (Wildman–Crippen LogP) is 3.04. The molecule has 0 unspecified atom stereocenters. The fourth-order valence-electron chi connectivity index (χ4n) is 1.79. The summed E-state index contributed by atoms with van der Waals surface area (Å²) in [5.41, 5.74) is 0.826. The number of hydrogen-bond donors (Lipinski definition) is 2. The standard InChI is InChI=1S/C16H14ClFN2O3S/c1-19-16(21)9-4-11-2-6-13(7-3-11)24(22,23)20-12-5-8-15(18)14(17)10-12/h2-10,20H,1H3,(H,19,21)/b9-4+. The zero-order valence-corrected chi connectivity index (χ0v) is 14.2. The van der Waals surface area contributed by atoms with Crippen LogP contribution in [0.2, 0.25) is 5.02 Å². The second kappa shape index (κ2) is 7.46. The average Bonchev–Trinajstić information content (AvgIpc) is 2.56. The molecule has 24 heavy (non-hydrogen) atoms. The molecule has 2 rings (SSSR count). The highest BCUT2D eigenvalue weighted by Crippen LogP contribution is 2.22. The zero-order valence-electron chi connectivity index (χ0n) is 12.6. The molecular weight excluding hydrogens is 355 g/mol. The minimum atomic E-state index is -3.83. The second-order valence-corrected chi connectivity index (χ2v) is 6.84. The Morgan fingerprint density at radius 2 is 1.83 bits per heavy atom. The Hall–Kier alpha value is -2.38. The van der Waals surface area contributed by atoms with Gasteiger partial charge in [-0.15, -0.1) is 0 Å². The van der Waals surface area contributed by atoms with E-state index in [1.807, 2.05) is 0 Å². The first-order chi connectivity index (χ1) is 11.3. The summed E-state index contributed by atoms with van der Waals surface area (Å²) in [7, 11) is -2.32. The van der Waals surface area contributed by atoms with Gasteiger partial charge in [0.05, 0.1) is 15.6 Å². The molecule has 0 atom stereocenters. The number of benzene rings is 2. The Balaban J connectivity index is 2.18. The van der Waals surface area contributed by atoms with Crippen molar-refractivity contribution in [2.24, 2.45) is 0 Å². The fourth-order valence-corrected chi connectivity index (χ4v) is 3.02. The summed E-state index contributed by atoms with van der Waals surface area (Å²) in [6.45, 7) is 0. The largest absolute Gasteiger partial charge is 0.356 e. The summed E-state index contributed by atoms with van der Waals surface area (Å²) >= 11 is 5.63. The van der Waals surface area contributed by atoms with Crippen LogP contribution in [0.4, 0.5) is 10.1 Å². The third-order valence-corrected chi connectivity index (χ3v) is 4.72. The van der Waals surface area contributed by atoms with Crippen LogP contribution in [0.25, 0.3) is 6.08 Å². The van der Waals surface area contributed by atoms with Crippen LogP contribution in [0.1, 0.15) is 5.56 Å². The van der Waals surface area contributed by atoms with Gasteiger partial charge >= 0.3 is 0 Å². The lowest BCUT2D eigenvalue weighted by atomic mass is 10.2. The van der Waals surface area contributed by atoms with Crippen molar-refractivity contribution in [2.45, 2.75) is 4.90 Å². The average molecular weight is 369 g/mol. The van der Waals surface area contributed by atoms with Crippen molar-refractivity contribution in [1.29, 1.82) is 0 Å². The molecule has 126 valence electrons. The number of anilines is 1. The molecule has 0 saturated carbocycles. The number of hydrogen-bond acceptors (Lipinski definition) is 3. The van der Waals surface area contributed by atoms with Crippen molar-refractivity contribution in [1.82, 2.24) is 5.32 Å². The van der Waals surface area contributed by atoms with E-state index in [0.29, 0.717) is 5.56 Å². The molecule has 0 radical (unpaired) electrons. The molecule has 0 saturated heterocycles. The van der Waals surface area contributed by atoms with E-state index in [9.17, 15) is 17.6 Å². The SMILES string of the molecule is CNC(=O)/C=C/c1ccc(S(=O)(=O)Nc2ccc(F)c(Cl)c2)cc1. The molecule has 0 aliphatic rings. The molecule has 0 aromatic heterocycles. The van der Waals surface area contributed by atoms with E-state index in [2.05, 4.69) is 10.0 Å². The van der Waals surface area contributed by atoms with Crippen molar-refractivity contribution in [2.75, 3.05) is 11.8 Å². The molecule has 0 aliphatic heterocycles. The zero-order chi connectivity index (χ0) is 17.7. The summed E-state index contributed by atoms with van der Waals surface area (Å²) in [6.07, 6.45) is 2.89. The molecule has 0 aliphatic carbocycles. The number of halogens is 2. The second-order valence-electron chi connectivity index (χ2n) is 4.75. The Morgan fingerprint density at radius 1 is 1.17 bits per heavy atom. The van der Waals surface area contributed by atoms with Crippen LogP contribution in [0.3, 0.4) is 0 Å². The van der Waals surface area contributed by atoms with Crippen LogP contribution in [0, 0.1) is 5.82 Å². The maximum atomic E-state index is 13.1. The van der Waals surface area contributed by atoms with Gasteiger partial charge in [0.15, 0.2) is 0 Å². The van der Waals surface area contributed by atoms with Crippen LogP contribution in [0.5, 0.6) is 0 Å². The van der Waals surface area contributed by atoms with Crippen molar-refractivity contribution >= 4 is 39.3 Å². The molecule has 2 aromatic carbocycles. The molecule has 0 heterocycles. The van der Waals surface area contributed by atoms with Crippen molar-refractivity contribution in [3.05, 3.63) is 64.9 Å². The number of amides is 1. The third-order valence-electron chi connectivity index (χ3n) is 3.04. The summed E-state index contributed by atoms with van der Waals surface area (Å²) in [5, 5.41) is 2.26. The Kier molecular flexibility index (Phi) is 5.58. The predicted molar refractivity (Wildman–Crippen MR) is 91.8 cm³/mol. The summed E-state index contributed by atoms with van der Waals surface area (Å²) < 4.78 is 40.0. The maximum absolute atomic E-state index is 13.1. The molecule has 8 heteroatoms. The van der Waals surface area contributed by atoms with Crippen LogP contribution in [0.15, 0.2) is 53.4 Å². The van der Waals surface area contributed by atoms with Gasteiger partial charge in [0.25, 0.3) is 10.0 Å². The number of carbonyl (C=O) groups is 1. The van der Waals surface area contributed by atoms with Gasteiger partial charge in [0.1, 0.15) is 5.82 Å². The van der Waals surface area contributed by atoms with Gasteiger partial charge in [-0.1, -0.05) is 23.7 Å². The molecule has 1 amide bonds. The summed E-state index contributed by atoms with van der Waals surface area (Å²) in [5.74, 6) is -0.895. The number of carbonyl (C=O) groups excluding carboxylic acids is 1. The van der Waals surface area contributed by atoms with Crippen LogP contribution in [-0.2, 0) is 14.8 Å². The van der Waals surface area contributed by atoms with Gasteiger partial charge in [0.2, 0.25) is 5.91 Å². The van der Waals surface area contributed by atoms with E-state index >= 15 is 0 Å². The molecule has 0 bridgehead atoms. The maximum Gasteiger partial charge on any atom is 0.261 e. The van der Waals surface area contributed by atoms with E-state index in [4.69, 9.17) is 11.6 Å². The highest BCUT2D eigenvalue weighted by Gasteiger charge is 2.14. The van der Waals surface area contributed by atoms with Gasteiger partial charge in [-0.3, -0.25) is 9.52 Å². The van der Waals surface area contributed by atoms with Crippen LogP contribution in [-0.4, -0.2) is 21.4 Å². The van der Waals surface area contributed by atoms with E-state index in [0.717, 1.165) is 6.07 Å². The van der Waals surface area contributed by atoms with Crippen molar-refractivity contribution in [3.8, 4) is 0 Å². The molecule has 2 aromatic rings. The Labute approximate surface area is 144 Å². The normalized spacial score (nSPS) is 11.5. The summed E-state index contributed by atoms with van der Waals surface area (Å²) in [4.78, 5) is 11.2. The third kappa shape index (κ3) is 4.56. The first-order valence-electron chi connectivity index (χ1n) is 6.79. The molecule has 0 spiro atoms. The highest BCUT2D eigenvalue weighted by molar-refractivity contribution is 7.92. The van der Waals surface area contributed by atoms with E-state index in [1.54, 1.807) is 18.2 Å². The highest BCUT2D eigenvalue weighted by atomic mass is 35.5. The fraction of sp³-hybridized carbons (Fsp3) is 0.0625. The Bertz CT molecular complexity index is 881. The van der Waals surface area contributed by atoms with Crippen LogP contribution < -0.4 is 10.0 Å². The molecular formula is C16H14ClFN2O3S. The van der Waals surface area contributed by atoms with E-state index in [1.165, 1.54) is 37.4 Å². The van der Waals surface area contributed by atoms with Gasteiger partial charge in [-0.25, -0.2) is 12.8 Å². The number of rotatable bonds is 5. The lowest BCUT2D eigenvalue weighted by Crippen LogP contribution is -2.14. The lowest BCUT2D eigenvalue weighted by molar-refractivity contribution is -0.115. The molecule has 0 fully saturated rings. The van der Waals surface area contributed by atoms with Crippen molar-refractivity contribution in [3.63, 3.8) is 0 Å². The lowest BCUT2D eigenvalue weighted by Gasteiger charge is -2.09. The van der Waals surface area contributed by atoms with Gasteiger partial charge < -0.3 is 5.32 Å². The quantitative estimate of drug-likeness (QED) is 0.796. The number of likely N-dealkylation sites (N-methyl/N-ethyl adjacent to an activating group) is 1. The van der Waals surface area contributed by atoms with E-state index in [-0.39, 0.29) is 21.5 Å². The van der Waals surface area contributed by atoms with Crippen LogP contribution >= 0.6 is 11.6 Å². The van der Waals surface area contributed by atoms with Gasteiger partial charge in [-0.2, -0.15) is 0 Å². The topological polar surface area (TPSA) is 75.3 Å². The number of sulfonamides is 1. The minimum Gasteiger partial charge on any atom is -0.356 e. The summed E-state index contributed by atoms with van der Waals surface area (Å²) in [6, 6.07) is 9.46. The Morgan fingerprint density at radius 3 is 2.42 bits per heavy atom. The smallest absolute Gasteiger partial charge is 0.261 e. The minimum absolute atomic E-state index is 0.0278. The van der Waals surface area contributed by atoms with E-state index < -0.39 is 15.8 Å². The van der Waals surface area contributed by atoms with Crippen molar-refractivity contribution < 1.29 is 17.6 Å².